The average Bonchev–Trinajstić information content (AvgIpc) is 2.85. The summed E-state index contributed by atoms with van der Waals surface area (Å²) >= 11 is 0. The molecule has 1 aliphatic heterocycles. The third-order valence-electron chi connectivity index (χ3n) is 4.59. The van der Waals surface area contributed by atoms with E-state index in [1.165, 1.54) is 22.3 Å². The molecule has 3 nitrogen and oxygen atoms in total. The molecule has 1 aromatic carbocycles. The molecule has 3 heteroatoms. The normalized spacial score (nSPS) is 24.2. The van der Waals surface area contributed by atoms with Crippen LogP contribution in [0.2, 0.25) is 0 Å². The van der Waals surface area contributed by atoms with Crippen LogP contribution < -0.4 is 5.32 Å². The highest BCUT2D eigenvalue weighted by molar-refractivity contribution is 5.90. The third-order valence-corrected chi connectivity index (χ3v) is 4.59. The van der Waals surface area contributed by atoms with E-state index in [0.29, 0.717) is 12.3 Å². The Morgan fingerprint density at radius 1 is 1.38 bits per heavy atom. The largest absolute Gasteiger partial charge is 0.389 e. The lowest BCUT2D eigenvalue weighted by molar-refractivity contribution is -0.123. The van der Waals surface area contributed by atoms with Crippen molar-refractivity contribution in [1.82, 2.24) is 5.32 Å². The summed E-state index contributed by atoms with van der Waals surface area (Å²) in [5.74, 6) is 0.475. The van der Waals surface area contributed by atoms with Crippen molar-refractivity contribution >= 4 is 11.4 Å². The Hall–Kier alpha value is -1.45. The lowest BCUT2D eigenvalue weighted by Gasteiger charge is -2.33. The molecule has 1 aromatic rings. The standard InChI is InChI=1S/C18H23NO2/c1-11(2)7-16-15-8-12-5-3-4-6-13(12)14(15)9-17(19-16)18(21)10-20/h3-6,11,16-17,19-20H,7-10H2,1-2H3. The van der Waals surface area contributed by atoms with Gasteiger partial charge in [-0.2, -0.15) is 0 Å². The molecule has 2 atom stereocenters. The molecule has 0 fully saturated rings. The minimum atomic E-state index is -0.379. The van der Waals surface area contributed by atoms with Crippen LogP contribution in [0.3, 0.4) is 0 Å². The Morgan fingerprint density at radius 2 is 2.14 bits per heavy atom. The Labute approximate surface area is 126 Å². The van der Waals surface area contributed by atoms with Crippen LogP contribution in [0.5, 0.6) is 0 Å². The molecule has 0 aromatic heterocycles. The van der Waals surface area contributed by atoms with E-state index in [4.69, 9.17) is 0 Å². The van der Waals surface area contributed by atoms with Crippen LogP contribution in [0.15, 0.2) is 29.8 Å². The number of carbonyl (C=O) groups excluding carboxylic acids is 1. The summed E-state index contributed by atoms with van der Waals surface area (Å²) in [5, 5.41) is 12.7. The molecule has 0 amide bonds. The van der Waals surface area contributed by atoms with Gasteiger partial charge in [0.05, 0.1) is 6.04 Å². The van der Waals surface area contributed by atoms with Crippen molar-refractivity contribution in [3.63, 3.8) is 0 Å². The number of carbonyl (C=O) groups is 1. The SMILES string of the molecule is CC(C)CC1NC(C(=O)CO)CC2=C1Cc1ccccc12. The van der Waals surface area contributed by atoms with Gasteiger partial charge in [-0.15, -0.1) is 0 Å². The summed E-state index contributed by atoms with van der Waals surface area (Å²) in [7, 11) is 0. The molecule has 1 aliphatic carbocycles. The van der Waals surface area contributed by atoms with Gasteiger partial charge in [-0.3, -0.25) is 4.79 Å². The molecular formula is C18H23NO2. The molecule has 0 bridgehead atoms. The van der Waals surface area contributed by atoms with Gasteiger partial charge in [0.25, 0.3) is 0 Å². The highest BCUT2D eigenvalue weighted by atomic mass is 16.3. The van der Waals surface area contributed by atoms with E-state index in [9.17, 15) is 9.90 Å². The number of hydrogen-bond donors (Lipinski definition) is 2. The van der Waals surface area contributed by atoms with Crippen molar-refractivity contribution in [2.75, 3.05) is 6.61 Å². The lowest BCUT2D eigenvalue weighted by Crippen LogP contribution is -2.48. The van der Waals surface area contributed by atoms with Crippen LogP contribution in [0.25, 0.3) is 5.57 Å². The quantitative estimate of drug-likeness (QED) is 0.892. The molecule has 2 N–H and O–H groups in total. The highest BCUT2D eigenvalue weighted by Crippen LogP contribution is 2.41. The van der Waals surface area contributed by atoms with Gasteiger partial charge in [0.2, 0.25) is 0 Å². The second kappa shape index (κ2) is 5.74. The van der Waals surface area contributed by atoms with E-state index >= 15 is 0 Å². The number of benzene rings is 1. The number of rotatable bonds is 4. The number of fused-ring (bicyclic) bond motifs is 2. The number of aliphatic hydroxyl groups excluding tert-OH is 1. The Bertz CT molecular complexity index is 589. The van der Waals surface area contributed by atoms with Gasteiger partial charge < -0.3 is 10.4 Å². The summed E-state index contributed by atoms with van der Waals surface area (Å²) in [4.78, 5) is 12.0. The zero-order chi connectivity index (χ0) is 15.0. The fraction of sp³-hybridized carbons (Fsp3) is 0.500. The summed E-state index contributed by atoms with van der Waals surface area (Å²) in [5.41, 5.74) is 5.46. The van der Waals surface area contributed by atoms with E-state index in [2.05, 4.69) is 43.4 Å². The Kier molecular flexibility index (Phi) is 3.96. The maximum Gasteiger partial charge on any atom is 0.175 e. The zero-order valence-electron chi connectivity index (χ0n) is 12.7. The zero-order valence-corrected chi connectivity index (χ0v) is 12.7. The average molecular weight is 285 g/mol. The summed E-state index contributed by atoms with van der Waals surface area (Å²) < 4.78 is 0. The van der Waals surface area contributed by atoms with Crippen LogP contribution >= 0.6 is 0 Å². The predicted octanol–water partition coefficient (Wildman–Crippen LogP) is 2.33. The van der Waals surface area contributed by atoms with Crippen molar-refractivity contribution in [3.8, 4) is 0 Å². The molecule has 3 rings (SSSR count). The van der Waals surface area contributed by atoms with Gasteiger partial charge in [0.15, 0.2) is 5.78 Å². The van der Waals surface area contributed by atoms with Crippen LogP contribution in [0, 0.1) is 5.92 Å². The molecule has 112 valence electrons. The van der Waals surface area contributed by atoms with Gasteiger partial charge in [0, 0.05) is 6.04 Å². The van der Waals surface area contributed by atoms with Crippen molar-refractivity contribution < 1.29 is 9.90 Å². The number of nitrogens with one attached hydrogen (secondary N) is 1. The molecule has 0 saturated carbocycles. The van der Waals surface area contributed by atoms with Gasteiger partial charge in [-0.25, -0.2) is 0 Å². The maximum absolute atomic E-state index is 12.0. The second-order valence-electron chi connectivity index (χ2n) is 6.57. The summed E-state index contributed by atoms with van der Waals surface area (Å²) in [6, 6.07) is 8.50. The summed E-state index contributed by atoms with van der Waals surface area (Å²) in [6.07, 6.45) is 2.73. The molecule has 0 saturated heterocycles. The van der Waals surface area contributed by atoms with Gasteiger partial charge >= 0.3 is 0 Å². The van der Waals surface area contributed by atoms with Crippen LogP contribution in [-0.2, 0) is 11.2 Å². The number of ketones is 1. The topological polar surface area (TPSA) is 49.3 Å². The van der Waals surface area contributed by atoms with Gasteiger partial charge in [-0.05, 0) is 47.5 Å². The maximum atomic E-state index is 12.0. The smallest absolute Gasteiger partial charge is 0.175 e. The first-order valence-corrected chi connectivity index (χ1v) is 7.80. The molecule has 1 heterocycles. The first-order chi connectivity index (χ1) is 10.1. The summed E-state index contributed by atoms with van der Waals surface area (Å²) in [6.45, 7) is 4.04. The van der Waals surface area contributed by atoms with E-state index in [1.807, 2.05) is 0 Å². The first-order valence-electron chi connectivity index (χ1n) is 7.80. The minimum absolute atomic E-state index is 0.0975. The van der Waals surface area contributed by atoms with Crippen molar-refractivity contribution in [1.29, 1.82) is 0 Å². The van der Waals surface area contributed by atoms with Crippen molar-refractivity contribution in [2.24, 2.45) is 5.92 Å². The van der Waals surface area contributed by atoms with Crippen LogP contribution in [0.4, 0.5) is 0 Å². The molecule has 0 spiro atoms. The van der Waals surface area contributed by atoms with Gasteiger partial charge in [-0.1, -0.05) is 38.1 Å². The van der Waals surface area contributed by atoms with Crippen molar-refractivity contribution in [3.05, 3.63) is 41.0 Å². The fourth-order valence-corrected chi connectivity index (χ4v) is 3.63. The Balaban J connectivity index is 1.96. The van der Waals surface area contributed by atoms with Gasteiger partial charge in [0.1, 0.15) is 6.61 Å². The van der Waals surface area contributed by atoms with Crippen LogP contribution in [0.1, 0.15) is 37.8 Å². The van der Waals surface area contributed by atoms with Crippen LogP contribution in [-0.4, -0.2) is 29.6 Å². The number of aliphatic hydroxyl groups is 1. The molecule has 0 radical (unpaired) electrons. The molecule has 21 heavy (non-hydrogen) atoms. The van der Waals surface area contributed by atoms with E-state index in [1.54, 1.807) is 0 Å². The third kappa shape index (κ3) is 2.68. The minimum Gasteiger partial charge on any atom is -0.389 e. The predicted molar refractivity (Wildman–Crippen MR) is 83.9 cm³/mol. The van der Waals surface area contributed by atoms with E-state index < -0.39 is 0 Å². The molecule has 2 unspecified atom stereocenters. The van der Waals surface area contributed by atoms with Crippen molar-refractivity contribution in [2.45, 2.75) is 45.2 Å². The van der Waals surface area contributed by atoms with E-state index in [0.717, 1.165) is 12.8 Å². The number of Topliss-reactive ketones (excluding diaryl/α,β-unsaturated/α-hetero) is 1. The fourth-order valence-electron chi connectivity index (χ4n) is 3.63. The Morgan fingerprint density at radius 3 is 2.86 bits per heavy atom. The second-order valence-corrected chi connectivity index (χ2v) is 6.57. The highest BCUT2D eigenvalue weighted by Gasteiger charge is 2.36. The first kappa shape index (κ1) is 14.5. The monoisotopic (exact) mass is 285 g/mol. The molecular weight excluding hydrogens is 262 g/mol. The van der Waals surface area contributed by atoms with E-state index in [-0.39, 0.29) is 24.5 Å². The lowest BCUT2D eigenvalue weighted by atomic mass is 9.85. The number of hydrogen-bond acceptors (Lipinski definition) is 3. The molecule has 2 aliphatic rings.